The monoisotopic (exact) mass is 329 g/mol. The number of nitrogens with zero attached hydrogens (tertiary/aromatic N) is 1. The van der Waals surface area contributed by atoms with Gasteiger partial charge in [0.05, 0.1) is 6.61 Å². The molecule has 0 saturated heterocycles. The molecule has 4 nitrogen and oxygen atoms in total. The number of para-hydroxylation sites is 1. The van der Waals surface area contributed by atoms with Crippen LogP contribution in [0.2, 0.25) is 0 Å². The fraction of sp³-hybridized carbons (Fsp3) is 0.333. The first kappa shape index (κ1) is 17.2. The van der Waals surface area contributed by atoms with Crippen molar-refractivity contribution in [3.05, 3.63) is 54.4 Å². The summed E-state index contributed by atoms with van der Waals surface area (Å²) >= 11 is 5.28. The topological polar surface area (TPSA) is 46.2 Å². The summed E-state index contributed by atoms with van der Waals surface area (Å²) in [7, 11) is 0. The number of hydrogen-bond acceptors (Lipinski definition) is 3. The summed E-state index contributed by atoms with van der Waals surface area (Å²) in [6.07, 6.45) is 6.44. The first-order valence-electron chi connectivity index (χ1n) is 7.95. The van der Waals surface area contributed by atoms with E-state index in [1.165, 1.54) is 5.56 Å². The van der Waals surface area contributed by atoms with Crippen LogP contribution in [-0.2, 0) is 6.42 Å². The van der Waals surface area contributed by atoms with E-state index in [1.54, 1.807) is 12.4 Å². The molecule has 0 aliphatic heterocycles. The Balaban J connectivity index is 1.72. The van der Waals surface area contributed by atoms with Gasteiger partial charge in [-0.3, -0.25) is 4.98 Å². The molecular formula is C18H23N3OS. The van der Waals surface area contributed by atoms with Crippen molar-refractivity contribution in [2.75, 3.05) is 18.5 Å². The molecule has 2 N–H and O–H groups in total. The number of thiocarbonyl (C=S) groups is 1. The number of benzene rings is 1. The molecule has 0 aliphatic rings. The normalized spacial score (nSPS) is 10.1. The lowest BCUT2D eigenvalue weighted by Crippen LogP contribution is -2.29. The number of nitrogens with one attached hydrogen (secondary N) is 2. The summed E-state index contributed by atoms with van der Waals surface area (Å²) in [5, 5.41) is 6.99. The van der Waals surface area contributed by atoms with Gasteiger partial charge in [0.2, 0.25) is 0 Å². The van der Waals surface area contributed by atoms with Crippen molar-refractivity contribution in [1.29, 1.82) is 0 Å². The highest BCUT2D eigenvalue weighted by molar-refractivity contribution is 7.80. The molecule has 0 spiro atoms. The average Bonchev–Trinajstić information content (AvgIpc) is 2.58. The molecule has 1 aromatic carbocycles. The van der Waals surface area contributed by atoms with E-state index in [9.17, 15) is 0 Å². The van der Waals surface area contributed by atoms with Crippen molar-refractivity contribution in [3.8, 4) is 5.75 Å². The van der Waals surface area contributed by atoms with Gasteiger partial charge in [-0.2, -0.15) is 0 Å². The Hall–Kier alpha value is -2.14. The second-order valence-electron chi connectivity index (χ2n) is 5.18. The zero-order chi connectivity index (χ0) is 16.3. The quantitative estimate of drug-likeness (QED) is 0.570. The summed E-state index contributed by atoms with van der Waals surface area (Å²) < 4.78 is 5.78. The average molecular weight is 329 g/mol. The second kappa shape index (κ2) is 9.79. The Kier molecular flexibility index (Phi) is 7.33. The molecule has 0 atom stereocenters. The Morgan fingerprint density at radius 1 is 1.17 bits per heavy atom. The first-order chi connectivity index (χ1) is 11.3. The maximum absolute atomic E-state index is 5.78. The standard InChI is InChI=1S/C18H23N3OS/c1-2-14-22-17-8-4-3-6-15(17)7-5-11-20-18(23)21-16-9-12-19-13-10-16/h3-4,6,8-10,12-13H,2,5,7,11,14H2,1H3,(H2,19,20,21,23). The van der Waals surface area contributed by atoms with Gasteiger partial charge in [-0.25, -0.2) is 0 Å². The highest BCUT2D eigenvalue weighted by atomic mass is 32.1. The van der Waals surface area contributed by atoms with Crippen LogP contribution in [0.3, 0.4) is 0 Å². The van der Waals surface area contributed by atoms with Gasteiger partial charge in [0, 0.05) is 24.6 Å². The largest absolute Gasteiger partial charge is 0.493 e. The molecule has 2 aromatic rings. The molecule has 122 valence electrons. The van der Waals surface area contributed by atoms with E-state index in [-0.39, 0.29) is 0 Å². The van der Waals surface area contributed by atoms with E-state index in [1.807, 2.05) is 24.3 Å². The van der Waals surface area contributed by atoms with E-state index in [2.05, 4.69) is 34.7 Å². The van der Waals surface area contributed by atoms with Crippen LogP contribution in [0.25, 0.3) is 0 Å². The molecule has 5 heteroatoms. The minimum atomic E-state index is 0.631. The smallest absolute Gasteiger partial charge is 0.170 e. The van der Waals surface area contributed by atoms with Crippen molar-refractivity contribution in [2.45, 2.75) is 26.2 Å². The van der Waals surface area contributed by atoms with Crippen molar-refractivity contribution >= 4 is 23.0 Å². The summed E-state index contributed by atoms with van der Waals surface area (Å²) in [4.78, 5) is 3.98. The zero-order valence-electron chi connectivity index (χ0n) is 13.4. The van der Waals surface area contributed by atoms with Gasteiger partial charge in [-0.05, 0) is 55.2 Å². The van der Waals surface area contributed by atoms with Gasteiger partial charge in [-0.15, -0.1) is 0 Å². The van der Waals surface area contributed by atoms with E-state index in [0.717, 1.165) is 43.9 Å². The molecule has 0 fully saturated rings. The highest BCUT2D eigenvalue weighted by Gasteiger charge is 2.03. The lowest BCUT2D eigenvalue weighted by molar-refractivity contribution is 0.314. The van der Waals surface area contributed by atoms with Crippen LogP contribution < -0.4 is 15.4 Å². The predicted molar refractivity (Wildman–Crippen MR) is 99.0 cm³/mol. The Morgan fingerprint density at radius 3 is 2.74 bits per heavy atom. The van der Waals surface area contributed by atoms with Crippen molar-refractivity contribution in [2.24, 2.45) is 0 Å². The fourth-order valence-corrected chi connectivity index (χ4v) is 2.37. The molecule has 0 unspecified atom stereocenters. The maximum atomic E-state index is 5.78. The van der Waals surface area contributed by atoms with Crippen molar-refractivity contribution in [1.82, 2.24) is 10.3 Å². The number of hydrogen-bond donors (Lipinski definition) is 2. The van der Waals surface area contributed by atoms with Gasteiger partial charge in [0.15, 0.2) is 5.11 Å². The van der Waals surface area contributed by atoms with Gasteiger partial charge >= 0.3 is 0 Å². The van der Waals surface area contributed by atoms with Crippen LogP contribution in [0.4, 0.5) is 5.69 Å². The number of aryl methyl sites for hydroxylation is 1. The van der Waals surface area contributed by atoms with E-state index < -0.39 is 0 Å². The zero-order valence-corrected chi connectivity index (χ0v) is 14.2. The van der Waals surface area contributed by atoms with Crippen molar-refractivity contribution < 1.29 is 4.74 Å². The third-order valence-electron chi connectivity index (χ3n) is 3.28. The second-order valence-corrected chi connectivity index (χ2v) is 5.58. The minimum absolute atomic E-state index is 0.631. The minimum Gasteiger partial charge on any atom is -0.493 e. The van der Waals surface area contributed by atoms with Gasteiger partial charge in [0.1, 0.15) is 5.75 Å². The van der Waals surface area contributed by atoms with Gasteiger partial charge < -0.3 is 15.4 Å². The Bertz CT molecular complexity index is 604. The maximum Gasteiger partial charge on any atom is 0.170 e. The summed E-state index contributed by atoms with van der Waals surface area (Å²) in [5.41, 5.74) is 2.19. The highest BCUT2D eigenvalue weighted by Crippen LogP contribution is 2.19. The molecule has 0 aliphatic carbocycles. The third kappa shape index (κ3) is 6.24. The van der Waals surface area contributed by atoms with Crippen LogP contribution in [-0.4, -0.2) is 23.2 Å². The van der Waals surface area contributed by atoms with Gasteiger partial charge in [0.25, 0.3) is 0 Å². The molecule has 0 saturated carbocycles. The van der Waals surface area contributed by atoms with Gasteiger partial charge in [-0.1, -0.05) is 25.1 Å². The van der Waals surface area contributed by atoms with Crippen LogP contribution in [0.5, 0.6) is 5.75 Å². The number of aromatic nitrogens is 1. The van der Waals surface area contributed by atoms with Crippen molar-refractivity contribution in [3.63, 3.8) is 0 Å². The summed E-state index contributed by atoms with van der Waals surface area (Å²) in [6, 6.07) is 12.0. The number of ether oxygens (including phenoxy) is 1. The van der Waals surface area contributed by atoms with E-state index in [4.69, 9.17) is 17.0 Å². The molecule has 2 rings (SSSR count). The summed E-state index contributed by atoms with van der Waals surface area (Å²) in [6.45, 7) is 3.69. The number of rotatable bonds is 8. The molecule has 0 amide bonds. The molecule has 0 bridgehead atoms. The number of anilines is 1. The van der Waals surface area contributed by atoms with E-state index >= 15 is 0 Å². The molecule has 0 radical (unpaired) electrons. The molecular weight excluding hydrogens is 306 g/mol. The Labute approximate surface area is 143 Å². The van der Waals surface area contributed by atoms with Crippen LogP contribution >= 0.6 is 12.2 Å². The fourth-order valence-electron chi connectivity index (χ4n) is 2.15. The molecule has 1 aromatic heterocycles. The van der Waals surface area contributed by atoms with Crippen LogP contribution in [0, 0.1) is 0 Å². The lowest BCUT2D eigenvalue weighted by Gasteiger charge is -2.12. The third-order valence-corrected chi connectivity index (χ3v) is 3.53. The first-order valence-corrected chi connectivity index (χ1v) is 8.36. The van der Waals surface area contributed by atoms with Crippen LogP contribution in [0.1, 0.15) is 25.3 Å². The van der Waals surface area contributed by atoms with Crippen LogP contribution in [0.15, 0.2) is 48.8 Å². The molecule has 23 heavy (non-hydrogen) atoms. The van der Waals surface area contributed by atoms with E-state index in [0.29, 0.717) is 5.11 Å². The predicted octanol–water partition coefficient (Wildman–Crippen LogP) is 3.79. The lowest BCUT2D eigenvalue weighted by atomic mass is 10.1. The number of pyridine rings is 1. The summed E-state index contributed by atoms with van der Waals surface area (Å²) in [5.74, 6) is 0.992. The molecule has 1 heterocycles. The Morgan fingerprint density at radius 2 is 1.96 bits per heavy atom. The SMILES string of the molecule is CCCOc1ccccc1CCCNC(=S)Nc1ccncc1.